The summed E-state index contributed by atoms with van der Waals surface area (Å²) < 4.78 is 28.4. The minimum atomic E-state index is -2.49. The van der Waals surface area contributed by atoms with Crippen molar-refractivity contribution in [1.82, 2.24) is 0 Å². The molecule has 2 nitrogen and oxygen atoms in total. The maximum Gasteiger partial charge on any atom is 0.251 e. The van der Waals surface area contributed by atoms with Gasteiger partial charge in [0.15, 0.2) is 18.9 Å². The highest BCUT2D eigenvalue weighted by molar-refractivity contribution is 5.44. The van der Waals surface area contributed by atoms with Crippen LogP contribution in [0.3, 0.4) is 0 Å². The van der Waals surface area contributed by atoms with Crippen LogP contribution in [-0.2, 0) is 6.54 Å². The van der Waals surface area contributed by atoms with E-state index in [1.165, 1.54) is 5.56 Å². The smallest absolute Gasteiger partial charge is 0.251 e. The van der Waals surface area contributed by atoms with Crippen molar-refractivity contribution in [2.75, 3.05) is 18.0 Å². The van der Waals surface area contributed by atoms with Crippen molar-refractivity contribution < 1.29 is 25.8 Å². The zero-order valence-corrected chi connectivity index (χ0v) is 13.0. The first-order chi connectivity index (χ1) is 10.1. The van der Waals surface area contributed by atoms with E-state index in [0.29, 0.717) is 13.1 Å². The molecule has 1 saturated heterocycles. The summed E-state index contributed by atoms with van der Waals surface area (Å²) in [5.41, 5.74) is 2.27. The van der Waals surface area contributed by atoms with E-state index in [1.807, 2.05) is 47.6 Å². The fourth-order valence-electron chi connectivity index (χ4n) is 2.65. The van der Waals surface area contributed by atoms with E-state index in [0.717, 1.165) is 12.2 Å². The third-order valence-corrected chi connectivity index (χ3v) is 3.94. The number of pyridine rings is 1. The molecule has 2 aromatic rings. The summed E-state index contributed by atoms with van der Waals surface area (Å²) in [5.74, 6) is -2.49. The largest absolute Gasteiger partial charge is 1.00 e. The van der Waals surface area contributed by atoms with Crippen LogP contribution in [0.15, 0.2) is 54.9 Å². The van der Waals surface area contributed by atoms with Gasteiger partial charge in [0.2, 0.25) is 0 Å². The van der Waals surface area contributed by atoms with Gasteiger partial charge in [-0.2, -0.15) is 0 Å². The fourth-order valence-corrected chi connectivity index (χ4v) is 2.65. The molecule has 0 spiro atoms. The van der Waals surface area contributed by atoms with E-state index < -0.39 is 5.92 Å². The van der Waals surface area contributed by atoms with E-state index in [2.05, 4.69) is 16.7 Å². The molecule has 1 aliphatic rings. The van der Waals surface area contributed by atoms with Crippen molar-refractivity contribution in [2.45, 2.75) is 25.3 Å². The molecule has 1 fully saturated rings. The van der Waals surface area contributed by atoms with Gasteiger partial charge in [-0.05, 0) is 0 Å². The Hall–Kier alpha value is -1.68. The van der Waals surface area contributed by atoms with Crippen LogP contribution >= 0.6 is 0 Å². The molecule has 22 heavy (non-hydrogen) atoms. The molecule has 1 aromatic carbocycles. The lowest BCUT2D eigenvalue weighted by Gasteiger charge is -2.33. The van der Waals surface area contributed by atoms with Gasteiger partial charge in [0, 0.05) is 49.3 Å². The lowest BCUT2D eigenvalue weighted by molar-refractivity contribution is -0.688. The Morgan fingerprint density at radius 1 is 0.955 bits per heavy atom. The summed E-state index contributed by atoms with van der Waals surface area (Å²) in [6, 6.07) is 14.2. The number of benzene rings is 1. The minimum Gasteiger partial charge on any atom is -1.00 e. The van der Waals surface area contributed by atoms with Crippen LogP contribution in [0, 0.1) is 0 Å². The predicted molar refractivity (Wildman–Crippen MR) is 78.6 cm³/mol. The summed E-state index contributed by atoms with van der Waals surface area (Å²) in [4.78, 5) is 2.03. The summed E-state index contributed by atoms with van der Waals surface area (Å²) >= 11 is 0. The topological polar surface area (TPSA) is 7.12 Å². The molecule has 0 aliphatic carbocycles. The molecule has 0 bridgehead atoms. The summed E-state index contributed by atoms with van der Waals surface area (Å²) in [5, 5.41) is 0. The second kappa shape index (κ2) is 7.05. The lowest BCUT2D eigenvalue weighted by Crippen LogP contribution is -3.00. The normalized spacial score (nSPS) is 16.9. The fraction of sp³-hybridized carbons (Fsp3) is 0.353. The number of aromatic nitrogens is 1. The van der Waals surface area contributed by atoms with Gasteiger partial charge in [0.05, 0.1) is 0 Å². The Balaban J connectivity index is 0.00000176. The molecule has 5 heteroatoms. The van der Waals surface area contributed by atoms with Gasteiger partial charge < -0.3 is 17.3 Å². The number of piperidine rings is 1. The van der Waals surface area contributed by atoms with Gasteiger partial charge in [-0.25, -0.2) is 13.3 Å². The van der Waals surface area contributed by atoms with Crippen molar-refractivity contribution in [3.05, 3.63) is 60.4 Å². The quantitative estimate of drug-likeness (QED) is 0.735. The van der Waals surface area contributed by atoms with Crippen molar-refractivity contribution in [3.63, 3.8) is 0 Å². The molecule has 3 rings (SSSR count). The van der Waals surface area contributed by atoms with Crippen LogP contribution in [-0.4, -0.2) is 19.0 Å². The zero-order chi connectivity index (χ0) is 14.7. The zero-order valence-electron chi connectivity index (χ0n) is 12.3. The molecular weight excluding hydrogens is 306 g/mol. The van der Waals surface area contributed by atoms with Crippen molar-refractivity contribution >= 4 is 5.69 Å². The molecule has 0 atom stereocenters. The molecular formula is C17H19ClF2N2. The van der Waals surface area contributed by atoms with E-state index in [-0.39, 0.29) is 25.2 Å². The molecule has 1 aliphatic heterocycles. The molecule has 0 radical (unpaired) electrons. The highest BCUT2D eigenvalue weighted by Gasteiger charge is 2.34. The Bertz CT molecular complexity index is 577. The third-order valence-electron chi connectivity index (χ3n) is 3.94. The van der Waals surface area contributed by atoms with Crippen molar-refractivity contribution in [2.24, 2.45) is 0 Å². The highest BCUT2D eigenvalue weighted by Crippen LogP contribution is 2.29. The molecule has 2 heterocycles. The van der Waals surface area contributed by atoms with Crippen molar-refractivity contribution in [1.29, 1.82) is 0 Å². The predicted octanol–water partition coefficient (Wildman–Crippen LogP) is 0.262. The number of rotatable bonds is 3. The van der Waals surface area contributed by atoms with E-state index in [1.54, 1.807) is 0 Å². The molecule has 1 aromatic heterocycles. The van der Waals surface area contributed by atoms with Gasteiger partial charge in [-0.1, -0.05) is 30.3 Å². The first kappa shape index (κ1) is 16.7. The van der Waals surface area contributed by atoms with E-state index in [9.17, 15) is 8.78 Å². The Morgan fingerprint density at radius 3 is 2.14 bits per heavy atom. The average Bonchev–Trinajstić information content (AvgIpc) is 2.49. The SMILES string of the molecule is FC1(F)CCN(c2cc[n+](Cc3ccccc3)cc2)CC1.[Cl-]. The van der Waals surface area contributed by atoms with Crippen LogP contribution in [0.4, 0.5) is 14.5 Å². The molecule has 0 N–H and O–H groups in total. The van der Waals surface area contributed by atoms with Crippen molar-refractivity contribution in [3.8, 4) is 0 Å². The first-order valence-electron chi connectivity index (χ1n) is 7.28. The maximum absolute atomic E-state index is 13.2. The molecule has 0 amide bonds. The van der Waals surface area contributed by atoms with Crippen LogP contribution in [0.2, 0.25) is 0 Å². The van der Waals surface area contributed by atoms with Gasteiger partial charge in [0.25, 0.3) is 5.92 Å². The van der Waals surface area contributed by atoms with E-state index in [4.69, 9.17) is 0 Å². The summed E-state index contributed by atoms with van der Waals surface area (Å²) in [7, 11) is 0. The number of hydrogen-bond acceptors (Lipinski definition) is 1. The number of nitrogens with zero attached hydrogens (tertiary/aromatic N) is 2. The number of anilines is 1. The second-order valence-corrected chi connectivity index (χ2v) is 5.56. The van der Waals surface area contributed by atoms with Crippen LogP contribution in [0.25, 0.3) is 0 Å². The standard InChI is InChI=1S/C17H19F2N2.ClH/c18-17(19)8-12-21(13-9-17)16-6-10-20(11-7-16)14-15-4-2-1-3-5-15;/h1-7,10-11H,8-9,12-14H2;1H/q+1;/p-1. The maximum atomic E-state index is 13.2. The number of hydrogen-bond donors (Lipinski definition) is 0. The number of halogens is 3. The van der Waals surface area contributed by atoms with Crippen LogP contribution in [0.5, 0.6) is 0 Å². The minimum absolute atomic E-state index is 0. The monoisotopic (exact) mass is 324 g/mol. The lowest BCUT2D eigenvalue weighted by atomic mass is 10.1. The highest BCUT2D eigenvalue weighted by atomic mass is 35.5. The van der Waals surface area contributed by atoms with Gasteiger partial charge in [-0.3, -0.25) is 0 Å². The Kier molecular flexibility index (Phi) is 5.35. The van der Waals surface area contributed by atoms with E-state index >= 15 is 0 Å². The number of alkyl halides is 2. The third kappa shape index (κ3) is 4.17. The molecule has 0 saturated carbocycles. The average molecular weight is 325 g/mol. The van der Waals surface area contributed by atoms with Crippen LogP contribution in [0.1, 0.15) is 18.4 Å². The molecule has 118 valence electrons. The van der Waals surface area contributed by atoms with Gasteiger partial charge >= 0.3 is 0 Å². The van der Waals surface area contributed by atoms with Crippen LogP contribution < -0.4 is 21.9 Å². The van der Waals surface area contributed by atoms with Gasteiger partial charge in [-0.15, -0.1) is 0 Å². The summed E-state index contributed by atoms with van der Waals surface area (Å²) in [6.45, 7) is 1.67. The van der Waals surface area contributed by atoms with Gasteiger partial charge in [0.1, 0.15) is 0 Å². The second-order valence-electron chi connectivity index (χ2n) is 5.56. The first-order valence-corrected chi connectivity index (χ1v) is 7.28. The Labute approximate surface area is 135 Å². The Morgan fingerprint density at radius 2 is 1.55 bits per heavy atom. The molecule has 0 unspecified atom stereocenters. The summed E-state index contributed by atoms with van der Waals surface area (Å²) in [6.07, 6.45) is 3.92.